The number of morpholine rings is 1. The summed E-state index contributed by atoms with van der Waals surface area (Å²) in [6.45, 7) is 5.66. The first kappa shape index (κ1) is 20.9. The zero-order valence-corrected chi connectivity index (χ0v) is 17.2. The first-order valence-corrected chi connectivity index (χ1v) is 10.7. The van der Waals surface area contributed by atoms with Crippen molar-refractivity contribution >= 4 is 11.8 Å². The molecule has 2 N–H and O–H groups in total. The summed E-state index contributed by atoms with van der Waals surface area (Å²) < 4.78 is 11.4. The second kappa shape index (κ2) is 11.9. The summed E-state index contributed by atoms with van der Waals surface area (Å²) in [6, 6.07) is 4.11. The van der Waals surface area contributed by atoms with E-state index in [0.29, 0.717) is 12.6 Å². The van der Waals surface area contributed by atoms with E-state index in [1.54, 1.807) is 7.05 Å². The van der Waals surface area contributed by atoms with Gasteiger partial charge in [-0.2, -0.15) is 0 Å². The normalized spacial score (nSPS) is 18.9. The molecule has 0 unspecified atom stereocenters. The molecule has 1 saturated heterocycles. The number of aliphatic imine (C=N–C) groups is 1. The summed E-state index contributed by atoms with van der Waals surface area (Å²) in [6.07, 6.45) is 9.79. The third-order valence-corrected chi connectivity index (χ3v) is 5.37. The maximum Gasteiger partial charge on any atom is 0.191 e. The number of aromatic nitrogens is 1. The molecule has 1 aromatic heterocycles. The molecule has 0 spiro atoms. The minimum Gasteiger partial charge on any atom is -0.378 e. The number of nitrogens with one attached hydrogen (secondary N) is 2. The van der Waals surface area contributed by atoms with E-state index in [4.69, 9.17) is 9.47 Å². The molecule has 2 aliphatic rings. The first-order valence-electron chi connectivity index (χ1n) is 10.7. The number of rotatable bonds is 8. The average molecular weight is 390 g/mol. The Kier molecular flexibility index (Phi) is 8.84. The highest BCUT2D eigenvalue weighted by molar-refractivity contribution is 5.79. The van der Waals surface area contributed by atoms with Crippen LogP contribution in [0.25, 0.3) is 0 Å². The van der Waals surface area contributed by atoms with Crippen molar-refractivity contribution in [3.8, 4) is 0 Å². The van der Waals surface area contributed by atoms with E-state index in [1.165, 1.54) is 37.7 Å². The molecule has 1 saturated carbocycles. The van der Waals surface area contributed by atoms with Crippen molar-refractivity contribution in [2.75, 3.05) is 51.4 Å². The van der Waals surface area contributed by atoms with Crippen LogP contribution >= 0.6 is 0 Å². The molecule has 0 amide bonds. The Hall–Kier alpha value is -1.86. The first-order chi connectivity index (χ1) is 13.9. The van der Waals surface area contributed by atoms with Crippen molar-refractivity contribution in [3.05, 3.63) is 23.9 Å². The lowest BCUT2D eigenvalue weighted by molar-refractivity contribution is 0.0277. The van der Waals surface area contributed by atoms with Gasteiger partial charge in [0.1, 0.15) is 5.82 Å². The lowest BCUT2D eigenvalue weighted by atomic mass is 9.98. The van der Waals surface area contributed by atoms with Crippen molar-refractivity contribution < 1.29 is 9.47 Å². The maximum atomic E-state index is 5.99. The van der Waals surface area contributed by atoms with Crippen molar-refractivity contribution in [2.45, 2.75) is 51.2 Å². The second-order valence-electron chi connectivity index (χ2n) is 7.42. The van der Waals surface area contributed by atoms with Crippen LogP contribution in [0.5, 0.6) is 0 Å². The van der Waals surface area contributed by atoms with Crippen LogP contribution in [0.1, 0.15) is 44.1 Å². The molecule has 1 aliphatic heterocycles. The molecule has 0 radical (unpaired) electrons. The lowest BCUT2D eigenvalue weighted by Gasteiger charge is -2.29. The third-order valence-electron chi connectivity index (χ3n) is 5.37. The van der Waals surface area contributed by atoms with Gasteiger partial charge in [-0.1, -0.05) is 25.3 Å². The van der Waals surface area contributed by atoms with Crippen LogP contribution in [0.15, 0.2) is 23.3 Å². The standard InChI is InChI=1S/C21H35N5O2/c1-22-21(24-11-6-14-28-19-8-3-2-4-9-19)25-17-18-7-5-10-23-20(18)26-12-15-27-16-13-26/h5,7,10,19H,2-4,6,8-9,11-17H2,1H3,(H2,22,24,25). The molecule has 1 aromatic rings. The van der Waals surface area contributed by atoms with Gasteiger partial charge in [-0.3, -0.25) is 4.99 Å². The van der Waals surface area contributed by atoms with Gasteiger partial charge < -0.3 is 25.0 Å². The minimum atomic E-state index is 0.482. The Morgan fingerprint density at radius 1 is 1.25 bits per heavy atom. The summed E-state index contributed by atoms with van der Waals surface area (Å²) in [5.74, 6) is 1.85. The third kappa shape index (κ3) is 6.63. The molecule has 156 valence electrons. The highest BCUT2D eigenvalue weighted by Crippen LogP contribution is 2.20. The van der Waals surface area contributed by atoms with Crippen LogP contribution in [-0.2, 0) is 16.0 Å². The van der Waals surface area contributed by atoms with Gasteiger partial charge in [0.15, 0.2) is 5.96 Å². The summed E-state index contributed by atoms with van der Waals surface area (Å²) in [4.78, 5) is 11.2. The quantitative estimate of drug-likeness (QED) is 0.404. The van der Waals surface area contributed by atoms with E-state index in [2.05, 4.69) is 31.6 Å². The van der Waals surface area contributed by atoms with Crippen LogP contribution < -0.4 is 15.5 Å². The number of nitrogens with zero attached hydrogens (tertiary/aromatic N) is 3. The average Bonchev–Trinajstić information content (AvgIpc) is 2.77. The smallest absolute Gasteiger partial charge is 0.191 e. The molecule has 2 heterocycles. The lowest BCUT2D eigenvalue weighted by Crippen LogP contribution is -2.39. The number of pyridine rings is 1. The summed E-state index contributed by atoms with van der Waals surface area (Å²) in [7, 11) is 1.81. The van der Waals surface area contributed by atoms with Crippen molar-refractivity contribution in [3.63, 3.8) is 0 Å². The van der Waals surface area contributed by atoms with Crippen molar-refractivity contribution in [2.24, 2.45) is 4.99 Å². The van der Waals surface area contributed by atoms with E-state index in [0.717, 1.165) is 57.7 Å². The van der Waals surface area contributed by atoms with Crippen molar-refractivity contribution in [1.82, 2.24) is 15.6 Å². The van der Waals surface area contributed by atoms with Gasteiger partial charge in [-0.05, 0) is 25.3 Å². The Morgan fingerprint density at radius 3 is 2.86 bits per heavy atom. The topological polar surface area (TPSA) is 71.0 Å². The SMILES string of the molecule is CN=C(NCCCOC1CCCCC1)NCc1cccnc1N1CCOCC1. The van der Waals surface area contributed by atoms with E-state index in [9.17, 15) is 0 Å². The molecule has 0 bridgehead atoms. The van der Waals surface area contributed by atoms with Gasteiger partial charge in [0.05, 0.1) is 19.3 Å². The number of hydrogen-bond donors (Lipinski definition) is 2. The largest absolute Gasteiger partial charge is 0.378 e. The second-order valence-corrected chi connectivity index (χ2v) is 7.42. The van der Waals surface area contributed by atoms with E-state index < -0.39 is 0 Å². The van der Waals surface area contributed by atoms with Crippen LogP contribution in [-0.4, -0.2) is 63.6 Å². The molecule has 0 atom stereocenters. The molecular weight excluding hydrogens is 354 g/mol. The predicted molar refractivity (Wildman–Crippen MR) is 113 cm³/mol. The Morgan fingerprint density at radius 2 is 2.07 bits per heavy atom. The van der Waals surface area contributed by atoms with E-state index >= 15 is 0 Å². The van der Waals surface area contributed by atoms with Gasteiger partial charge in [0, 0.05) is 51.6 Å². The molecule has 7 heteroatoms. The summed E-state index contributed by atoms with van der Waals surface area (Å²) in [5.41, 5.74) is 1.17. The summed E-state index contributed by atoms with van der Waals surface area (Å²) in [5, 5.41) is 6.79. The minimum absolute atomic E-state index is 0.482. The molecule has 2 fully saturated rings. The fraction of sp³-hybridized carbons (Fsp3) is 0.714. The van der Waals surface area contributed by atoms with Gasteiger partial charge in [0.2, 0.25) is 0 Å². The number of guanidine groups is 1. The summed E-state index contributed by atoms with van der Waals surface area (Å²) >= 11 is 0. The van der Waals surface area contributed by atoms with Crippen molar-refractivity contribution in [1.29, 1.82) is 0 Å². The Balaban J connectivity index is 1.38. The van der Waals surface area contributed by atoms with Crippen LogP contribution in [0, 0.1) is 0 Å². The monoisotopic (exact) mass is 389 g/mol. The van der Waals surface area contributed by atoms with Gasteiger partial charge in [-0.15, -0.1) is 0 Å². The highest BCUT2D eigenvalue weighted by Gasteiger charge is 2.16. The maximum absolute atomic E-state index is 5.99. The number of hydrogen-bond acceptors (Lipinski definition) is 5. The predicted octanol–water partition coefficient (Wildman–Crippen LogP) is 2.32. The fourth-order valence-corrected chi connectivity index (χ4v) is 3.79. The van der Waals surface area contributed by atoms with Gasteiger partial charge >= 0.3 is 0 Å². The molecule has 28 heavy (non-hydrogen) atoms. The number of anilines is 1. The number of ether oxygens (including phenoxy) is 2. The Labute approximate surface area is 168 Å². The molecular formula is C21H35N5O2. The van der Waals surface area contributed by atoms with Crippen LogP contribution in [0.4, 0.5) is 5.82 Å². The molecule has 3 rings (SSSR count). The van der Waals surface area contributed by atoms with Crippen LogP contribution in [0.3, 0.4) is 0 Å². The molecule has 0 aromatic carbocycles. The van der Waals surface area contributed by atoms with E-state index in [1.807, 2.05) is 12.3 Å². The highest BCUT2D eigenvalue weighted by atomic mass is 16.5. The zero-order valence-electron chi connectivity index (χ0n) is 17.2. The van der Waals surface area contributed by atoms with E-state index in [-0.39, 0.29) is 0 Å². The fourth-order valence-electron chi connectivity index (χ4n) is 3.79. The molecule has 7 nitrogen and oxygen atoms in total. The van der Waals surface area contributed by atoms with Gasteiger partial charge in [0.25, 0.3) is 0 Å². The zero-order chi connectivity index (χ0) is 19.4. The van der Waals surface area contributed by atoms with Crippen LogP contribution in [0.2, 0.25) is 0 Å². The van der Waals surface area contributed by atoms with Gasteiger partial charge in [-0.25, -0.2) is 4.98 Å². The Bertz CT molecular complexity index is 598. The molecule has 1 aliphatic carbocycles.